The molecular weight excluding hydrogens is 179 g/mol. The molecule has 0 saturated carbocycles. The molecule has 0 amide bonds. The number of phenols is 1. The van der Waals surface area contributed by atoms with Crippen LogP contribution < -0.4 is 0 Å². The van der Waals surface area contributed by atoms with E-state index in [0.29, 0.717) is 5.56 Å². The van der Waals surface area contributed by atoms with Gasteiger partial charge in [0, 0.05) is 5.56 Å². The van der Waals surface area contributed by atoms with Crippen molar-refractivity contribution in [2.75, 3.05) is 0 Å². The zero-order valence-corrected chi connectivity index (χ0v) is 9.13. The Bertz CT molecular complexity index is 329. The molecule has 0 aliphatic rings. The predicted octanol–water partition coefficient (Wildman–Crippen LogP) is 3.78. The zero-order valence-electron chi connectivity index (χ0n) is 9.13. The highest BCUT2D eigenvalue weighted by Gasteiger charge is 2.16. The molecule has 0 saturated heterocycles. The van der Waals surface area contributed by atoms with Gasteiger partial charge in [0.15, 0.2) is 0 Å². The quantitative estimate of drug-likeness (QED) is 0.763. The minimum absolute atomic E-state index is 0.00806. The summed E-state index contributed by atoms with van der Waals surface area (Å²) in [6.45, 7) is 7.72. The van der Waals surface area contributed by atoms with Crippen LogP contribution in [0.1, 0.15) is 50.7 Å². The summed E-state index contributed by atoms with van der Waals surface area (Å²) in [4.78, 5) is 0. The summed E-state index contributed by atoms with van der Waals surface area (Å²) in [6, 6.07) is 3.09. The molecule has 0 spiro atoms. The summed E-state index contributed by atoms with van der Waals surface area (Å²) in [5, 5.41) is 9.87. The minimum Gasteiger partial charge on any atom is -0.507 e. The number of hydrogen-bond acceptors (Lipinski definition) is 1. The van der Waals surface area contributed by atoms with Gasteiger partial charge in [0.05, 0.1) is 0 Å². The number of benzene rings is 1. The zero-order chi connectivity index (χ0) is 10.9. The van der Waals surface area contributed by atoms with E-state index in [4.69, 9.17) is 0 Å². The van der Waals surface area contributed by atoms with Gasteiger partial charge in [-0.1, -0.05) is 33.8 Å². The fourth-order valence-electron chi connectivity index (χ4n) is 1.62. The molecule has 1 N–H and O–H groups in total. The van der Waals surface area contributed by atoms with Crippen molar-refractivity contribution in [1.82, 2.24) is 0 Å². The maximum absolute atomic E-state index is 13.4. The van der Waals surface area contributed by atoms with Crippen molar-refractivity contribution in [3.05, 3.63) is 29.1 Å². The van der Waals surface area contributed by atoms with Crippen LogP contribution in [0.2, 0.25) is 0 Å². The number of rotatable bonds is 2. The first-order chi connectivity index (χ1) is 6.45. The summed E-state index contributed by atoms with van der Waals surface area (Å²) >= 11 is 0. The van der Waals surface area contributed by atoms with E-state index in [1.165, 1.54) is 6.07 Å². The van der Waals surface area contributed by atoms with Crippen LogP contribution in [0.5, 0.6) is 5.75 Å². The van der Waals surface area contributed by atoms with Crippen molar-refractivity contribution in [3.63, 3.8) is 0 Å². The fourth-order valence-corrected chi connectivity index (χ4v) is 1.62. The van der Waals surface area contributed by atoms with Gasteiger partial charge >= 0.3 is 0 Å². The normalized spacial score (nSPS) is 11.4. The predicted molar refractivity (Wildman–Crippen MR) is 56.2 cm³/mol. The van der Waals surface area contributed by atoms with E-state index in [1.54, 1.807) is 6.07 Å². The lowest BCUT2D eigenvalue weighted by atomic mass is 9.93. The summed E-state index contributed by atoms with van der Waals surface area (Å²) in [5.74, 6) is 0.0266. The Hall–Kier alpha value is -1.05. The number of aromatic hydroxyl groups is 1. The summed E-state index contributed by atoms with van der Waals surface area (Å²) < 4.78 is 13.4. The molecule has 0 radical (unpaired) electrons. The van der Waals surface area contributed by atoms with Gasteiger partial charge in [-0.3, -0.25) is 0 Å². The van der Waals surface area contributed by atoms with Gasteiger partial charge in [0.25, 0.3) is 0 Å². The third-order valence-electron chi connectivity index (χ3n) is 2.39. The lowest BCUT2D eigenvalue weighted by molar-refractivity contribution is 0.444. The van der Waals surface area contributed by atoms with Gasteiger partial charge in [0.1, 0.15) is 11.6 Å². The van der Waals surface area contributed by atoms with Crippen LogP contribution >= 0.6 is 0 Å². The highest BCUT2D eigenvalue weighted by atomic mass is 19.1. The molecule has 0 aromatic heterocycles. The van der Waals surface area contributed by atoms with E-state index in [-0.39, 0.29) is 23.4 Å². The molecule has 1 rings (SSSR count). The first kappa shape index (κ1) is 11.0. The minimum atomic E-state index is -0.318. The van der Waals surface area contributed by atoms with Crippen molar-refractivity contribution >= 4 is 0 Å². The average Bonchev–Trinajstić information content (AvgIpc) is 2.02. The van der Waals surface area contributed by atoms with Crippen molar-refractivity contribution in [2.24, 2.45) is 0 Å². The molecule has 1 aromatic rings. The Morgan fingerprint density at radius 3 is 2.07 bits per heavy atom. The van der Waals surface area contributed by atoms with E-state index >= 15 is 0 Å². The molecule has 0 fully saturated rings. The molecule has 0 aliphatic heterocycles. The highest BCUT2D eigenvalue weighted by Crippen LogP contribution is 2.34. The Kier molecular flexibility index (Phi) is 3.14. The molecular formula is C12H17FO. The van der Waals surface area contributed by atoms with Crippen molar-refractivity contribution < 1.29 is 9.50 Å². The molecule has 0 unspecified atom stereocenters. The smallest absolute Gasteiger partial charge is 0.130 e. The standard InChI is InChI=1S/C12H17FO/c1-7(2)9-5-6-10(13)11(8(3)4)12(9)14/h5-8,14H,1-4H3. The van der Waals surface area contributed by atoms with Crippen LogP contribution in [0.3, 0.4) is 0 Å². The van der Waals surface area contributed by atoms with Gasteiger partial charge in [-0.25, -0.2) is 4.39 Å². The molecule has 0 atom stereocenters. The Morgan fingerprint density at radius 2 is 1.64 bits per heavy atom. The number of hydrogen-bond donors (Lipinski definition) is 1. The molecule has 1 aromatic carbocycles. The summed E-state index contributed by atoms with van der Waals surface area (Å²) in [5.41, 5.74) is 1.24. The van der Waals surface area contributed by atoms with Crippen LogP contribution in [0, 0.1) is 5.82 Å². The number of phenolic OH excluding ortho intramolecular Hbond substituents is 1. The van der Waals surface area contributed by atoms with E-state index in [0.717, 1.165) is 5.56 Å². The first-order valence-electron chi connectivity index (χ1n) is 4.96. The van der Waals surface area contributed by atoms with Gasteiger partial charge in [-0.15, -0.1) is 0 Å². The first-order valence-corrected chi connectivity index (χ1v) is 4.96. The SMILES string of the molecule is CC(C)c1ccc(F)c(C(C)C)c1O. The van der Waals surface area contributed by atoms with Crippen molar-refractivity contribution in [1.29, 1.82) is 0 Å². The van der Waals surface area contributed by atoms with Crippen LogP contribution in [-0.4, -0.2) is 5.11 Å². The van der Waals surface area contributed by atoms with Crippen LogP contribution in [0.4, 0.5) is 4.39 Å². The molecule has 0 aliphatic carbocycles. The summed E-state index contributed by atoms with van der Waals surface area (Å²) in [7, 11) is 0. The molecule has 14 heavy (non-hydrogen) atoms. The van der Waals surface area contributed by atoms with Gasteiger partial charge < -0.3 is 5.11 Å². The summed E-state index contributed by atoms with van der Waals surface area (Å²) in [6.07, 6.45) is 0. The Morgan fingerprint density at radius 1 is 1.07 bits per heavy atom. The second-order valence-electron chi connectivity index (χ2n) is 4.21. The van der Waals surface area contributed by atoms with Crippen LogP contribution in [0.15, 0.2) is 12.1 Å². The van der Waals surface area contributed by atoms with E-state index in [9.17, 15) is 9.50 Å². The van der Waals surface area contributed by atoms with Crippen molar-refractivity contribution in [2.45, 2.75) is 39.5 Å². The molecule has 1 nitrogen and oxygen atoms in total. The Labute approximate surface area is 84.6 Å². The lowest BCUT2D eigenvalue weighted by Gasteiger charge is -2.15. The third-order valence-corrected chi connectivity index (χ3v) is 2.39. The largest absolute Gasteiger partial charge is 0.507 e. The van der Waals surface area contributed by atoms with Gasteiger partial charge in [-0.2, -0.15) is 0 Å². The highest BCUT2D eigenvalue weighted by molar-refractivity contribution is 5.44. The molecule has 78 valence electrons. The fraction of sp³-hybridized carbons (Fsp3) is 0.500. The van der Waals surface area contributed by atoms with E-state index in [1.807, 2.05) is 27.7 Å². The monoisotopic (exact) mass is 196 g/mol. The molecule has 0 heterocycles. The lowest BCUT2D eigenvalue weighted by Crippen LogP contribution is -1.98. The van der Waals surface area contributed by atoms with Crippen LogP contribution in [0.25, 0.3) is 0 Å². The number of halogens is 1. The maximum Gasteiger partial charge on any atom is 0.130 e. The second-order valence-corrected chi connectivity index (χ2v) is 4.21. The maximum atomic E-state index is 13.4. The van der Waals surface area contributed by atoms with Gasteiger partial charge in [0.2, 0.25) is 0 Å². The molecule has 2 heteroatoms. The third kappa shape index (κ3) is 1.89. The average molecular weight is 196 g/mol. The van der Waals surface area contributed by atoms with Crippen molar-refractivity contribution in [3.8, 4) is 5.75 Å². The second kappa shape index (κ2) is 3.99. The van der Waals surface area contributed by atoms with E-state index in [2.05, 4.69) is 0 Å². The van der Waals surface area contributed by atoms with Crippen LogP contribution in [-0.2, 0) is 0 Å². The topological polar surface area (TPSA) is 20.2 Å². The molecule has 0 bridgehead atoms. The van der Waals surface area contributed by atoms with E-state index < -0.39 is 0 Å². The Balaban J connectivity index is 3.34. The van der Waals surface area contributed by atoms with Gasteiger partial charge in [-0.05, 0) is 23.5 Å².